The van der Waals surface area contributed by atoms with Crippen LogP contribution < -0.4 is 0 Å². The summed E-state index contributed by atoms with van der Waals surface area (Å²) >= 11 is 0. The molecule has 0 N–H and O–H groups in total. The third-order valence-corrected chi connectivity index (χ3v) is 20.0. The Kier molecular flexibility index (Phi) is 9.65. The Labute approximate surface area is 463 Å². The van der Waals surface area contributed by atoms with E-state index in [0.717, 1.165) is 12.8 Å². The number of hydrogen-bond donors (Lipinski definition) is 0. The van der Waals surface area contributed by atoms with Crippen LogP contribution in [0.3, 0.4) is 0 Å². The second kappa shape index (κ2) is 16.9. The Morgan fingerprint density at radius 2 is 0.810 bits per heavy atom. The van der Waals surface area contributed by atoms with Crippen molar-refractivity contribution in [1.82, 2.24) is 0 Å². The van der Waals surface area contributed by atoms with Gasteiger partial charge in [-0.25, -0.2) is 0 Å². The van der Waals surface area contributed by atoms with E-state index in [-0.39, 0.29) is 23.7 Å². The van der Waals surface area contributed by atoms with E-state index in [4.69, 9.17) is 0 Å². The second-order valence-electron chi connectivity index (χ2n) is 23.1. The maximum Gasteiger partial charge on any atom is 0.0713 e. The molecule has 0 nitrogen and oxygen atoms in total. The summed E-state index contributed by atoms with van der Waals surface area (Å²) in [6.07, 6.45) is 15.1. The zero-order chi connectivity index (χ0) is 51.9. The first-order chi connectivity index (χ1) is 39.2. The van der Waals surface area contributed by atoms with Gasteiger partial charge in [-0.3, -0.25) is 0 Å². The lowest BCUT2D eigenvalue weighted by molar-refractivity contribution is 0.329. The molecule has 9 aromatic rings. The van der Waals surface area contributed by atoms with Crippen molar-refractivity contribution in [3.63, 3.8) is 0 Å². The summed E-state index contributed by atoms with van der Waals surface area (Å²) in [5, 5.41) is 0. The molecule has 79 heavy (non-hydrogen) atoms. The van der Waals surface area contributed by atoms with Crippen LogP contribution in [0.5, 0.6) is 0 Å². The van der Waals surface area contributed by atoms with E-state index >= 15 is 0 Å². The molecule has 0 heteroatoms. The predicted octanol–water partition coefficient (Wildman–Crippen LogP) is 18.0. The molecule has 1 fully saturated rings. The van der Waals surface area contributed by atoms with Crippen molar-refractivity contribution in [2.45, 2.75) is 29.1 Å². The first-order valence-corrected chi connectivity index (χ1v) is 28.6. The lowest BCUT2D eigenvalue weighted by Crippen LogP contribution is -2.52. The highest BCUT2D eigenvalue weighted by Crippen LogP contribution is 2.75. The number of hydrogen-bond acceptors (Lipinski definition) is 0. The lowest BCUT2D eigenvalue weighted by Gasteiger charge is -2.60. The molecule has 0 saturated heterocycles. The van der Waals surface area contributed by atoms with Crippen molar-refractivity contribution in [3.8, 4) is 0 Å². The van der Waals surface area contributed by atoms with Gasteiger partial charge in [0.1, 0.15) is 0 Å². The van der Waals surface area contributed by atoms with Crippen molar-refractivity contribution >= 4 is 16.7 Å². The van der Waals surface area contributed by atoms with E-state index in [9.17, 15) is 0 Å². The number of fused-ring (bicyclic) bond motifs is 2. The molecule has 9 aromatic carbocycles. The SMILES string of the molecule is C1=CC(c2ccccc2)=C2C3=C(c4ccccc4)C=C4C=C5C6=C7c8c(cccc8C(c8ccccc8)(c8ccccc8)C7CC7=C6C4C3C(=C7)C(c3ccccc3)(c3ccccc3)C2C1)C5(c1ccccc1)c1ccccc1. The number of rotatable bonds is 8. The predicted molar refractivity (Wildman–Crippen MR) is 323 cm³/mol. The molecule has 0 spiro atoms. The highest BCUT2D eigenvalue weighted by Gasteiger charge is 2.65. The lowest BCUT2D eigenvalue weighted by atomic mass is 9.42. The minimum absolute atomic E-state index is 0.0298. The summed E-state index contributed by atoms with van der Waals surface area (Å²) in [5.41, 5.74) is 29.3. The summed E-state index contributed by atoms with van der Waals surface area (Å²) in [4.78, 5) is 0. The number of allylic oxidation sites excluding steroid dienone is 16. The Bertz CT molecular complexity index is 4120. The molecule has 0 aromatic heterocycles. The molecule has 1 saturated carbocycles. The summed E-state index contributed by atoms with van der Waals surface area (Å²) in [7, 11) is 0. The summed E-state index contributed by atoms with van der Waals surface area (Å²) in [5.74, 6) is 0.302. The van der Waals surface area contributed by atoms with Gasteiger partial charge >= 0.3 is 0 Å². The van der Waals surface area contributed by atoms with Gasteiger partial charge in [0, 0.05) is 29.1 Å². The molecular formula is C79H56. The second-order valence-corrected chi connectivity index (χ2v) is 23.1. The third kappa shape index (κ3) is 5.78. The first-order valence-electron chi connectivity index (χ1n) is 28.6. The van der Waals surface area contributed by atoms with Gasteiger partial charge in [-0.05, 0) is 135 Å². The fourth-order valence-corrected chi connectivity index (χ4v) is 17.4. The standard InChI is InChI=1S/C79H56/c1-9-27-51(28-10-1)61-43-25-44-63-71(61)72-62(52-29-11-2-12-30-52)47-53-48-67-75-70-54(49-66(74(72)69(53)70)77(63,55-31-13-3-14-32-55)56-33-15-4-16-34-56)50-68-76(75)73-64(78(67,57-35-17-5-18-36-57)58-37-19-6-20-38-58)45-26-46-65(73)79(68,59-39-21-7-22-40-59)60-41-23-8-24-42-60/h1-43,45-49,63,68-69,74H,44,50H2. The Hall–Kier alpha value is -9.10. The van der Waals surface area contributed by atoms with Gasteiger partial charge in [0.25, 0.3) is 0 Å². The van der Waals surface area contributed by atoms with Gasteiger partial charge in [0.05, 0.1) is 10.8 Å². The van der Waals surface area contributed by atoms with Crippen LogP contribution >= 0.6 is 0 Å². The average molecular weight is 1010 g/mol. The third-order valence-electron chi connectivity index (χ3n) is 20.0. The van der Waals surface area contributed by atoms with Crippen molar-refractivity contribution in [3.05, 3.63) is 397 Å². The van der Waals surface area contributed by atoms with Crippen molar-refractivity contribution < 1.29 is 0 Å². The van der Waals surface area contributed by atoms with Gasteiger partial charge in [-0.2, -0.15) is 0 Å². The van der Waals surface area contributed by atoms with E-state index in [1.165, 1.54) is 117 Å². The molecule has 0 radical (unpaired) electrons. The van der Waals surface area contributed by atoms with Gasteiger partial charge in [0.15, 0.2) is 0 Å². The normalized spacial score (nSPS) is 22.6. The van der Waals surface area contributed by atoms with Gasteiger partial charge < -0.3 is 0 Å². The van der Waals surface area contributed by atoms with Crippen LogP contribution in [-0.4, -0.2) is 0 Å². The highest BCUT2D eigenvalue weighted by molar-refractivity contribution is 6.01. The molecular weight excluding hydrogens is 949 g/mol. The molecule has 4 atom stereocenters. The molecule has 4 unspecified atom stereocenters. The van der Waals surface area contributed by atoms with E-state index in [1.54, 1.807) is 5.57 Å². The smallest absolute Gasteiger partial charge is 0.0713 e. The van der Waals surface area contributed by atoms with E-state index in [0.29, 0.717) is 0 Å². The monoisotopic (exact) mass is 1000 g/mol. The van der Waals surface area contributed by atoms with Crippen LogP contribution in [0.4, 0.5) is 0 Å². The van der Waals surface area contributed by atoms with Gasteiger partial charge in [-0.1, -0.05) is 291 Å². The molecule has 0 bridgehead atoms. The minimum Gasteiger partial charge on any atom is -0.0832 e. The van der Waals surface area contributed by atoms with E-state index in [1.807, 2.05) is 0 Å². The van der Waals surface area contributed by atoms with Crippen LogP contribution in [0.1, 0.15) is 74.0 Å². The van der Waals surface area contributed by atoms with Crippen molar-refractivity contribution in [2.24, 2.45) is 23.7 Å². The summed E-state index contributed by atoms with van der Waals surface area (Å²) in [6.45, 7) is 0. The number of benzene rings is 9. The van der Waals surface area contributed by atoms with Crippen molar-refractivity contribution in [2.75, 3.05) is 0 Å². The quantitative estimate of drug-likeness (QED) is 0.142. The fraction of sp³-hybridized carbons (Fsp3) is 0.114. The molecule has 8 aliphatic carbocycles. The molecule has 372 valence electrons. The van der Waals surface area contributed by atoms with Gasteiger partial charge in [-0.15, -0.1) is 0 Å². The summed E-state index contributed by atoms with van der Waals surface area (Å²) in [6, 6.07) is 100. The van der Waals surface area contributed by atoms with Gasteiger partial charge in [0.2, 0.25) is 0 Å². The fourth-order valence-electron chi connectivity index (χ4n) is 17.4. The first kappa shape index (κ1) is 45.0. The van der Waals surface area contributed by atoms with Crippen LogP contribution in [0.15, 0.2) is 336 Å². The molecule has 0 amide bonds. The topological polar surface area (TPSA) is 0 Å². The molecule has 8 aliphatic rings. The molecule has 0 aliphatic heterocycles. The van der Waals surface area contributed by atoms with Crippen molar-refractivity contribution in [1.29, 1.82) is 0 Å². The maximum absolute atomic E-state index is 2.85. The Balaban J connectivity index is 1.09. The highest BCUT2D eigenvalue weighted by atomic mass is 14.7. The van der Waals surface area contributed by atoms with Crippen LogP contribution in [0.25, 0.3) is 16.7 Å². The van der Waals surface area contributed by atoms with Crippen LogP contribution in [0, 0.1) is 23.7 Å². The molecule has 0 heterocycles. The zero-order valence-electron chi connectivity index (χ0n) is 43.9. The van der Waals surface area contributed by atoms with E-state index in [2.05, 4.69) is 291 Å². The zero-order valence-corrected chi connectivity index (χ0v) is 43.9. The van der Waals surface area contributed by atoms with E-state index < -0.39 is 16.2 Å². The average Bonchev–Trinajstić information content (AvgIpc) is 4.10. The maximum atomic E-state index is 2.85. The summed E-state index contributed by atoms with van der Waals surface area (Å²) < 4.78 is 0. The van der Waals surface area contributed by atoms with Crippen LogP contribution in [-0.2, 0) is 16.2 Å². The minimum atomic E-state index is -0.643. The molecule has 17 rings (SSSR count). The van der Waals surface area contributed by atoms with Crippen LogP contribution in [0.2, 0.25) is 0 Å². The Morgan fingerprint density at radius 3 is 1.34 bits per heavy atom. The largest absolute Gasteiger partial charge is 0.0832 e. The Morgan fingerprint density at radius 1 is 0.342 bits per heavy atom.